The summed E-state index contributed by atoms with van der Waals surface area (Å²) in [6.45, 7) is 10.0. The van der Waals surface area contributed by atoms with Gasteiger partial charge in [-0.15, -0.1) is 0 Å². The molecule has 0 aliphatic heterocycles. The van der Waals surface area contributed by atoms with Gasteiger partial charge in [-0.25, -0.2) is 0 Å². The molecule has 0 radical (unpaired) electrons. The molecule has 17 heavy (non-hydrogen) atoms. The first-order valence-corrected chi connectivity index (χ1v) is 6.77. The van der Waals surface area contributed by atoms with Gasteiger partial charge in [0.05, 0.1) is 0 Å². The second-order valence-corrected chi connectivity index (χ2v) is 6.49. The Bertz CT molecular complexity index is 371. The Labute approximate surface area is 106 Å². The van der Waals surface area contributed by atoms with Crippen LogP contribution >= 0.6 is 0 Å². The lowest BCUT2D eigenvalue weighted by molar-refractivity contribution is 0.393. The summed E-state index contributed by atoms with van der Waals surface area (Å²) < 4.78 is 0. The van der Waals surface area contributed by atoms with E-state index in [1.165, 1.54) is 24.0 Å². The minimum Gasteiger partial charge on any atom is -0.311 e. The van der Waals surface area contributed by atoms with E-state index in [0.29, 0.717) is 5.92 Å². The van der Waals surface area contributed by atoms with Crippen LogP contribution in [0.1, 0.15) is 50.7 Å². The van der Waals surface area contributed by atoms with E-state index >= 15 is 0 Å². The van der Waals surface area contributed by atoms with E-state index in [4.69, 9.17) is 0 Å². The lowest BCUT2D eigenvalue weighted by atomic mass is 9.92. The first-order valence-electron chi connectivity index (χ1n) is 6.77. The molecule has 0 saturated heterocycles. The summed E-state index contributed by atoms with van der Waals surface area (Å²) in [4.78, 5) is 0. The number of aryl methyl sites for hydroxylation is 1. The molecule has 0 bridgehead atoms. The van der Waals surface area contributed by atoms with Crippen LogP contribution in [0.25, 0.3) is 0 Å². The molecule has 94 valence electrons. The Balaban J connectivity index is 2.07. The molecule has 0 heterocycles. The van der Waals surface area contributed by atoms with Crippen molar-refractivity contribution in [2.45, 2.75) is 52.0 Å². The van der Waals surface area contributed by atoms with Crippen molar-refractivity contribution in [3.63, 3.8) is 0 Å². The molecule has 1 aromatic carbocycles. The first-order chi connectivity index (χ1) is 7.96. The topological polar surface area (TPSA) is 12.0 Å². The zero-order chi connectivity index (χ0) is 12.5. The van der Waals surface area contributed by atoms with E-state index in [2.05, 4.69) is 57.3 Å². The summed E-state index contributed by atoms with van der Waals surface area (Å²) in [6.07, 6.45) is 2.81. The monoisotopic (exact) mass is 231 g/mol. The van der Waals surface area contributed by atoms with Crippen LogP contribution in [-0.4, -0.2) is 12.1 Å². The van der Waals surface area contributed by atoms with Crippen LogP contribution in [0.3, 0.4) is 0 Å². The molecule has 1 nitrogen and oxygen atoms in total. The molecular weight excluding hydrogens is 206 g/mol. The van der Waals surface area contributed by atoms with Crippen molar-refractivity contribution in [1.82, 2.24) is 5.32 Å². The fourth-order valence-corrected chi connectivity index (χ4v) is 2.37. The second-order valence-electron chi connectivity index (χ2n) is 6.49. The minimum absolute atomic E-state index is 0.219. The Morgan fingerprint density at radius 1 is 1.29 bits per heavy atom. The summed E-state index contributed by atoms with van der Waals surface area (Å²) in [7, 11) is 0. The fraction of sp³-hybridized carbons (Fsp3) is 0.625. The van der Waals surface area contributed by atoms with Crippen molar-refractivity contribution in [3.8, 4) is 0 Å². The van der Waals surface area contributed by atoms with E-state index < -0.39 is 0 Å². The Morgan fingerprint density at radius 2 is 2.00 bits per heavy atom. The third-order valence-electron chi connectivity index (χ3n) is 3.51. The van der Waals surface area contributed by atoms with Crippen LogP contribution in [0.5, 0.6) is 0 Å². The van der Waals surface area contributed by atoms with E-state index in [9.17, 15) is 0 Å². The van der Waals surface area contributed by atoms with Crippen LogP contribution in [0.15, 0.2) is 24.3 Å². The van der Waals surface area contributed by atoms with Gasteiger partial charge >= 0.3 is 0 Å². The van der Waals surface area contributed by atoms with Crippen molar-refractivity contribution in [2.75, 3.05) is 6.54 Å². The van der Waals surface area contributed by atoms with Gasteiger partial charge in [-0.2, -0.15) is 0 Å². The smallest absolute Gasteiger partial charge is 0.00967 e. The maximum absolute atomic E-state index is 3.66. The van der Waals surface area contributed by atoms with E-state index in [1.54, 1.807) is 0 Å². The van der Waals surface area contributed by atoms with Crippen LogP contribution in [0.2, 0.25) is 0 Å². The number of hydrogen-bond acceptors (Lipinski definition) is 1. The van der Waals surface area contributed by atoms with Crippen LogP contribution < -0.4 is 5.32 Å². The average Bonchev–Trinajstić information content (AvgIpc) is 3.00. The maximum Gasteiger partial charge on any atom is 0.00967 e. The van der Waals surface area contributed by atoms with E-state index in [0.717, 1.165) is 12.5 Å². The largest absolute Gasteiger partial charge is 0.311 e. The highest BCUT2D eigenvalue weighted by molar-refractivity contribution is 5.27. The third kappa shape index (κ3) is 3.85. The fourth-order valence-electron chi connectivity index (χ4n) is 2.37. The maximum atomic E-state index is 3.66. The van der Waals surface area contributed by atoms with Gasteiger partial charge in [0.15, 0.2) is 0 Å². The van der Waals surface area contributed by atoms with Crippen molar-refractivity contribution in [2.24, 2.45) is 5.92 Å². The Kier molecular flexibility index (Phi) is 3.58. The van der Waals surface area contributed by atoms with Crippen LogP contribution in [0, 0.1) is 12.8 Å². The van der Waals surface area contributed by atoms with Gasteiger partial charge in [0.1, 0.15) is 0 Å². The number of rotatable bonds is 4. The van der Waals surface area contributed by atoms with Crippen molar-refractivity contribution in [1.29, 1.82) is 0 Å². The summed E-state index contributed by atoms with van der Waals surface area (Å²) in [6, 6.07) is 9.02. The molecule has 2 rings (SSSR count). The van der Waals surface area contributed by atoms with E-state index in [1.807, 2.05) is 0 Å². The molecule has 1 N–H and O–H groups in total. The number of hydrogen-bond donors (Lipinski definition) is 1. The highest BCUT2D eigenvalue weighted by Gasteiger charge is 2.32. The third-order valence-corrected chi connectivity index (χ3v) is 3.51. The molecule has 1 fully saturated rings. The minimum atomic E-state index is 0.219. The van der Waals surface area contributed by atoms with Gasteiger partial charge in [0.2, 0.25) is 0 Å². The van der Waals surface area contributed by atoms with Gasteiger partial charge in [0, 0.05) is 12.1 Å². The SMILES string of the molecule is Cc1cccc(C(CNC(C)(C)C)C2CC2)c1. The second kappa shape index (κ2) is 4.81. The molecule has 1 unspecified atom stereocenters. The van der Waals surface area contributed by atoms with Crippen molar-refractivity contribution < 1.29 is 0 Å². The summed E-state index contributed by atoms with van der Waals surface area (Å²) in [5.41, 5.74) is 3.12. The lowest BCUT2D eigenvalue weighted by Gasteiger charge is -2.26. The van der Waals surface area contributed by atoms with Gasteiger partial charge in [-0.05, 0) is 57.9 Å². The molecule has 0 amide bonds. The molecule has 1 atom stereocenters. The van der Waals surface area contributed by atoms with Crippen molar-refractivity contribution in [3.05, 3.63) is 35.4 Å². The highest BCUT2D eigenvalue weighted by atomic mass is 14.9. The number of benzene rings is 1. The predicted octanol–water partition coefficient (Wildman–Crippen LogP) is 3.88. The highest BCUT2D eigenvalue weighted by Crippen LogP contribution is 2.42. The normalized spacial score (nSPS) is 18.1. The summed E-state index contributed by atoms with van der Waals surface area (Å²) in [5.74, 6) is 1.61. The average molecular weight is 231 g/mol. The molecule has 1 aliphatic rings. The summed E-state index contributed by atoms with van der Waals surface area (Å²) in [5, 5.41) is 3.66. The zero-order valence-corrected chi connectivity index (χ0v) is 11.6. The van der Waals surface area contributed by atoms with Gasteiger partial charge in [-0.1, -0.05) is 29.8 Å². The molecule has 0 spiro atoms. The molecule has 1 heteroatoms. The van der Waals surface area contributed by atoms with Crippen LogP contribution in [-0.2, 0) is 0 Å². The van der Waals surface area contributed by atoms with Crippen LogP contribution in [0.4, 0.5) is 0 Å². The molecular formula is C16H25N. The van der Waals surface area contributed by atoms with Gasteiger partial charge in [0.25, 0.3) is 0 Å². The first kappa shape index (κ1) is 12.6. The summed E-state index contributed by atoms with van der Waals surface area (Å²) >= 11 is 0. The van der Waals surface area contributed by atoms with Crippen molar-refractivity contribution >= 4 is 0 Å². The Hall–Kier alpha value is -0.820. The van der Waals surface area contributed by atoms with E-state index in [-0.39, 0.29) is 5.54 Å². The predicted molar refractivity (Wildman–Crippen MR) is 74.4 cm³/mol. The van der Waals surface area contributed by atoms with Gasteiger partial charge < -0.3 is 5.32 Å². The molecule has 0 aromatic heterocycles. The molecule has 1 aromatic rings. The lowest BCUT2D eigenvalue weighted by Crippen LogP contribution is -2.39. The zero-order valence-electron chi connectivity index (χ0n) is 11.6. The quantitative estimate of drug-likeness (QED) is 0.829. The molecule has 1 aliphatic carbocycles. The standard InChI is InChI=1S/C16H25N/c1-12-6-5-7-14(10-12)15(13-8-9-13)11-17-16(2,3)4/h5-7,10,13,15,17H,8-9,11H2,1-4H3. The molecule has 1 saturated carbocycles. The number of nitrogens with one attached hydrogen (secondary N) is 1. The van der Waals surface area contributed by atoms with Gasteiger partial charge in [-0.3, -0.25) is 0 Å². The Morgan fingerprint density at radius 3 is 2.53 bits per heavy atom.